The van der Waals surface area contributed by atoms with Crippen LogP contribution in [0, 0.1) is 6.92 Å². The second kappa shape index (κ2) is 5.20. The van der Waals surface area contributed by atoms with Crippen LogP contribution in [0.5, 0.6) is 0 Å². The van der Waals surface area contributed by atoms with E-state index in [-0.39, 0.29) is 5.91 Å². The number of carbonyl (C=O) groups excluding carboxylic acids is 1. The average molecular weight is 285 g/mol. The maximum atomic E-state index is 12.9. The van der Waals surface area contributed by atoms with E-state index in [4.69, 9.17) is 0 Å². The molecular formula is C15H19N5O. The predicted molar refractivity (Wildman–Crippen MR) is 82.0 cm³/mol. The van der Waals surface area contributed by atoms with Gasteiger partial charge in [0.1, 0.15) is 5.69 Å². The van der Waals surface area contributed by atoms with Gasteiger partial charge in [0, 0.05) is 19.8 Å². The molecule has 1 N–H and O–H groups in total. The SMILES string of the molecule is CCCCN1C(=O)c2c(c(C)nn2C)Nc2ncccc21. The van der Waals surface area contributed by atoms with Crippen LogP contribution in [0.4, 0.5) is 17.2 Å². The Hall–Kier alpha value is -2.37. The van der Waals surface area contributed by atoms with Crippen LogP contribution in [-0.4, -0.2) is 27.2 Å². The summed E-state index contributed by atoms with van der Waals surface area (Å²) in [5.41, 5.74) is 2.96. The van der Waals surface area contributed by atoms with Crippen molar-refractivity contribution in [2.75, 3.05) is 16.8 Å². The summed E-state index contributed by atoms with van der Waals surface area (Å²) in [5.74, 6) is 0.678. The molecule has 0 bridgehead atoms. The molecule has 21 heavy (non-hydrogen) atoms. The zero-order chi connectivity index (χ0) is 15.0. The van der Waals surface area contributed by atoms with E-state index < -0.39 is 0 Å². The molecule has 1 aliphatic rings. The lowest BCUT2D eigenvalue weighted by Gasteiger charge is -2.22. The fraction of sp³-hybridized carbons (Fsp3) is 0.400. The molecule has 0 radical (unpaired) electrons. The first-order valence-corrected chi connectivity index (χ1v) is 7.21. The van der Waals surface area contributed by atoms with Gasteiger partial charge in [-0.05, 0) is 25.5 Å². The second-order valence-electron chi connectivity index (χ2n) is 5.24. The van der Waals surface area contributed by atoms with E-state index in [0.29, 0.717) is 18.1 Å². The van der Waals surface area contributed by atoms with Gasteiger partial charge in [0.25, 0.3) is 5.91 Å². The van der Waals surface area contributed by atoms with Crippen LogP contribution in [0.3, 0.4) is 0 Å². The van der Waals surface area contributed by atoms with Crippen molar-refractivity contribution in [2.45, 2.75) is 26.7 Å². The van der Waals surface area contributed by atoms with E-state index in [2.05, 4.69) is 22.3 Å². The smallest absolute Gasteiger partial charge is 0.278 e. The van der Waals surface area contributed by atoms with Crippen LogP contribution in [0.15, 0.2) is 18.3 Å². The maximum absolute atomic E-state index is 12.9. The molecule has 0 atom stereocenters. The minimum absolute atomic E-state index is 0.0270. The number of nitrogens with zero attached hydrogens (tertiary/aromatic N) is 4. The molecule has 2 aromatic rings. The summed E-state index contributed by atoms with van der Waals surface area (Å²) in [6.07, 6.45) is 3.71. The van der Waals surface area contributed by atoms with Crippen molar-refractivity contribution in [2.24, 2.45) is 7.05 Å². The molecule has 0 fully saturated rings. The van der Waals surface area contributed by atoms with Gasteiger partial charge in [0.05, 0.1) is 17.1 Å². The number of carbonyl (C=O) groups is 1. The van der Waals surface area contributed by atoms with Crippen molar-refractivity contribution < 1.29 is 4.79 Å². The molecule has 1 amide bonds. The number of unbranched alkanes of at least 4 members (excludes halogenated alkanes) is 1. The van der Waals surface area contributed by atoms with Crippen molar-refractivity contribution in [1.29, 1.82) is 0 Å². The third-order valence-electron chi connectivity index (χ3n) is 3.73. The van der Waals surface area contributed by atoms with Gasteiger partial charge in [-0.15, -0.1) is 0 Å². The molecule has 3 heterocycles. The molecule has 0 spiro atoms. The number of fused-ring (bicyclic) bond motifs is 2. The van der Waals surface area contributed by atoms with Gasteiger partial charge < -0.3 is 10.2 Å². The monoisotopic (exact) mass is 285 g/mol. The van der Waals surface area contributed by atoms with Crippen LogP contribution < -0.4 is 10.2 Å². The Morgan fingerprint density at radius 2 is 2.19 bits per heavy atom. The molecule has 0 saturated heterocycles. The van der Waals surface area contributed by atoms with Gasteiger partial charge in [-0.25, -0.2) is 4.98 Å². The average Bonchev–Trinajstić information content (AvgIpc) is 2.67. The Bertz CT molecular complexity index is 691. The lowest BCUT2D eigenvalue weighted by Crippen LogP contribution is -2.32. The number of aryl methyl sites for hydroxylation is 2. The van der Waals surface area contributed by atoms with Crippen LogP contribution in [-0.2, 0) is 7.05 Å². The van der Waals surface area contributed by atoms with Gasteiger partial charge in [-0.1, -0.05) is 13.3 Å². The Balaban J connectivity index is 2.16. The molecule has 0 aliphatic carbocycles. The third-order valence-corrected chi connectivity index (χ3v) is 3.73. The van der Waals surface area contributed by atoms with E-state index >= 15 is 0 Å². The highest BCUT2D eigenvalue weighted by Gasteiger charge is 2.31. The van der Waals surface area contributed by atoms with Crippen molar-refractivity contribution in [3.8, 4) is 0 Å². The fourth-order valence-electron chi connectivity index (χ4n) is 2.66. The number of anilines is 3. The van der Waals surface area contributed by atoms with Gasteiger partial charge >= 0.3 is 0 Å². The number of hydrogen-bond acceptors (Lipinski definition) is 4. The molecule has 110 valence electrons. The summed E-state index contributed by atoms with van der Waals surface area (Å²) < 4.78 is 1.64. The third kappa shape index (κ3) is 2.16. The zero-order valence-electron chi connectivity index (χ0n) is 12.6. The molecule has 2 aromatic heterocycles. The Morgan fingerprint density at radius 3 is 2.95 bits per heavy atom. The lowest BCUT2D eigenvalue weighted by atomic mass is 10.2. The summed E-state index contributed by atoms with van der Waals surface area (Å²) in [5, 5.41) is 7.62. The number of amides is 1. The highest BCUT2D eigenvalue weighted by molar-refractivity contribution is 6.12. The Kier molecular flexibility index (Phi) is 3.37. The Morgan fingerprint density at radius 1 is 1.38 bits per heavy atom. The van der Waals surface area contributed by atoms with E-state index in [9.17, 15) is 4.79 Å². The first-order valence-electron chi connectivity index (χ1n) is 7.21. The van der Waals surface area contributed by atoms with Gasteiger partial charge in [0.2, 0.25) is 0 Å². The zero-order valence-corrected chi connectivity index (χ0v) is 12.6. The molecule has 6 nitrogen and oxygen atoms in total. The molecule has 0 unspecified atom stereocenters. The summed E-state index contributed by atoms with van der Waals surface area (Å²) in [6.45, 7) is 4.69. The topological polar surface area (TPSA) is 63.1 Å². The number of aromatic nitrogens is 3. The summed E-state index contributed by atoms with van der Waals surface area (Å²) in [7, 11) is 1.80. The first-order chi connectivity index (χ1) is 10.1. The van der Waals surface area contributed by atoms with Crippen LogP contribution in [0.25, 0.3) is 0 Å². The van der Waals surface area contributed by atoms with Crippen molar-refractivity contribution in [1.82, 2.24) is 14.8 Å². The molecule has 0 saturated carbocycles. The van der Waals surface area contributed by atoms with Crippen molar-refractivity contribution in [3.05, 3.63) is 29.7 Å². The molecule has 3 rings (SSSR count). The minimum atomic E-state index is -0.0270. The van der Waals surface area contributed by atoms with E-state index in [1.165, 1.54) is 0 Å². The predicted octanol–water partition coefficient (Wildman–Crippen LogP) is 2.63. The molecular weight excluding hydrogens is 266 g/mol. The lowest BCUT2D eigenvalue weighted by molar-refractivity contribution is 0.0979. The largest absolute Gasteiger partial charge is 0.335 e. The summed E-state index contributed by atoms with van der Waals surface area (Å²) >= 11 is 0. The van der Waals surface area contributed by atoms with Gasteiger partial charge in [-0.2, -0.15) is 5.10 Å². The normalized spacial score (nSPS) is 13.5. The minimum Gasteiger partial charge on any atom is -0.335 e. The standard InChI is InChI=1S/C15H19N5O/c1-4-5-9-20-11-7-6-8-16-14(11)17-12-10(2)18-19(3)13(12)15(20)21/h6-8H,4-5,9H2,1-3H3,(H,16,17). The van der Waals surface area contributed by atoms with Crippen LogP contribution in [0.1, 0.15) is 35.9 Å². The molecule has 0 aromatic carbocycles. The van der Waals surface area contributed by atoms with Gasteiger partial charge in [-0.3, -0.25) is 9.48 Å². The van der Waals surface area contributed by atoms with Crippen LogP contribution >= 0.6 is 0 Å². The second-order valence-corrected chi connectivity index (χ2v) is 5.24. The highest BCUT2D eigenvalue weighted by Crippen LogP contribution is 2.35. The van der Waals surface area contributed by atoms with E-state index in [1.807, 2.05) is 19.1 Å². The van der Waals surface area contributed by atoms with Crippen molar-refractivity contribution >= 4 is 23.1 Å². The van der Waals surface area contributed by atoms with E-state index in [0.717, 1.165) is 29.9 Å². The first kappa shape index (κ1) is 13.6. The fourth-order valence-corrected chi connectivity index (χ4v) is 2.66. The number of nitrogens with one attached hydrogen (secondary N) is 1. The van der Waals surface area contributed by atoms with E-state index in [1.54, 1.807) is 22.8 Å². The quantitative estimate of drug-likeness (QED) is 0.941. The maximum Gasteiger partial charge on any atom is 0.278 e. The van der Waals surface area contributed by atoms with Crippen molar-refractivity contribution in [3.63, 3.8) is 0 Å². The molecule has 6 heteroatoms. The number of rotatable bonds is 3. The molecule has 1 aliphatic heterocycles. The summed E-state index contributed by atoms with van der Waals surface area (Å²) in [4.78, 5) is 19.1. The number of pyridine rings is 1. The highest BCUT2D eigenvalue weighted by atomic mass is 16.2. The Labute approximate surface area is 123 Å². The van der Waals surface area contributed by atoms with Crippen LogP contribution in [0.2, 0.25) is 0 Å². The number of hydrogen-bond donors (Lipinski definition) is 1. The summed E-state index contributed by atoms with van der Waals surface area (Å²) in [6, 6.07) is 3.78. The van der Waals surface area contributed by atoms with Gasteiger partial charge in [0.15, 0.2) is 5.82 Å².